The Bertz CT molecular complexity index is 1180. The van der Waals surface area contributed by atoms with Crippen molar-refractivity contribution in [1.29, 1.82) is 0 Å². The molecular weight excluding hydrogens is 427 g/mol. The van der Waals surface area contributed by atoms with Gasteiger partial charge in [-0.05, 0) is 17.7 Å². The van der Waals surface area contributed by atoms with Gasteiger partial charge in [-0.3, -0.25) is 4.98 Å². The zero-order valence-electron chi connectivity index (χ0n) is 16.5. The first-order chi connectivity index (χ1) is 15.4. The summed E-state index contributed by atoms with van der Waals surface area (Å²) in [6.07, 6.45) is -2.54. The highest BCUT2D eigenvalue weighted by Gasteiger charge is 2.27. The topological polar surface area (TPSA) is 126 Å². The number of ether oxygens (including phenoxy) is 1. The monoisotopic (exact) mass is 443 g/mol. The van der Waals surface area contributed by atoms with Gasteiger partial charge in [0.2, 0.25) is 17.6 Å². The summed E-state index contributed by atoms with van der Waals surface area (Å²) >= 11 is 0. The average molecular weight is 443 g/mol. The molecule has 0 bridgehead atoms. The SMILES string of the molecule is Nc1nc(Cc2ccccc2)nc(-c2noc(-c3ccc(COCC(F)(F)F)nc3)n2)n1. The number of nitrogens with zero attached hydrogens (tertiary/aromatic N) is 6. The van der Waals surface area contributed by atoms with Gasteiger partial charge in [-0.15, -0.1) is 0 Å². The normalized spacial score (nSPS) is 11.6. The minimum absolute atomic E-state index is 0.0251. The maximum absolute atomic E-state index is 12.2. The van der Waals surface area contributed by atoms with Crippen molar-refractivity contribution < 1.29 is 22.4 Å². The Balaban J connectivity index is 1.48. The van der Waals surface area contributed by atoms with Crippen LogP contribution >= 0.6 is 0 Å². The number of anilines is 1. The van der Waals surface area contributed by atoms with Gasteiger partial charge in [-0.1, -0.05) is 35.5 Å². The van der Waals surface area contributed by atoms with Gasteiger partial charge in [-0.2, -0.15) is 28.1 Å². The zero-order valence-corrected chi connectivity index (χ0v) is 16.5. The maximum Gasteiger partial charge on any atom is 0.411 e. The Morgan fingerprint density at radius 1 is 0.938 bits per heavy atom. The number of pyridine rings is 1. The van der Waals surface area contributed by atoms with E-state index in [0.29, 0.717) is 23.5 Å². The van der Waals surface area contributed by atoms with Crippen molar-refractivity contribution >= 4 is 5.95 Å². The fourth-order valence-electron chi connectivity index (χ4n) is 2.73. The molecule has 0 aliphatic heterocycles. The van der Waals surface area contributed by atoms with Crippen LogP contribution in [0.1, 0.15) is 17.1 Å². The number of rotatable bonds is 7. The van der Waals surface area contributed by atoms with Crippen molar-refractivity contribution in [3.05, 3.63) is 65.7 Å². The van der Waals surface area contributed by atoms with Gasteiger partial charge in [0.05, 0.1) is 17.9 Å². The summed E-state index contributed by atoms with van der Waals surface area (Å²) in [5.41, 5.74) is 7.61. The van der Waals surface area contributed by atoms with E-state index in [-0.39, 0.29) is 30.1 Å². The summed E-state index contributed by atoms with van der Waals surface area (Å²) in [6.45, 7) is -1.62. The van der Waals surface area contributed by atoms with Crippen molar-refractivity contribution in [3.8, 4) is 23.1 Å². The van der Waals surface area contributed by atoms with Crippen LogP contribution in [0.2, 0.25) is 0 Å². The molecule has 0 atom stereocenters. The van der Waals surface area contributed by atoms with Crippen LogP contribution in [-0.2, 0) is 17.8 Å². The van der Waals surface area contributed by atoms with E-state index in [1.807, 2.05) is 30.3 Å². The number of hydrogen-bond acceptors (Lipinski definition) is 9. The number of nitrogen functional groups attached to an aromatic ring is 1. The molecule has 0 saturated heterocycles. The summed E-state index contributed by atoms with van der Waals surface area (Å²) < 4.78 is 46.3. The van der Waals surface area contributed by atoms with E-state index in [1.165, 1.54) is 12.3 Å². The lowest BCUT2D eigenvalue weighted by atomic mass is 10.1. The summed E-state index contributed by atoms with van der Waals surface area (Å²) in [5, 5.41) is 3.88. The lowest BCUT2D eigenvalue weighted by molar-refractivity contribution is -0.176. The molecule has 32 heavy (non-hydrogen) atoms. The third kappa shape index (κ3) is 5.60. The predicted molar refractivity (Wildman–Crippen MR) is 106 cm³/mol. The fourth-order valence-corrected chi connectivity index (χ4v) is 2.73. The predicted octanol–water partition coefficient (Wildman–Crippen LogP) is 3.24. The highest BCUT2D eigenvalue weighted by Crippen LogP contribution is 2.21. The van der Waals surface area contributed by atoms with Crippen molar-refractivity contribution in [1.82, 2.24) is 30.1 Å². The second-order valence-corrected chi connectivity index (χ2v) is 6.67. The second-order valence-electron chi connectivity index (χ2n) is 6.67. The third-order valence-corrected chi connectivity index (χ3v) is 4.12. The molecule has 0 fully saturated rings. The quantitative estimate of drug-likeness (QED) is 0.458. The Hall–Kier alpha value is -3.93. The van der Waals surface area contributed by atoms with Gasteiger partial charge < -0.3 is 15.0 Å². The number of halogens is 3. The van der Waals surface area contributed by atoms with E-state index in [1.54, 1.807) is 6.07 Å². The molecule has 164 valence electrons. The Morgan fingerprint density at radius 2 is 1.75 bits per heavy atom. The van der Waals surface area contributed by atoms with Crippen LogP contribution in [0.25, 0.3) is 23.1 Å². The van der Waals surface area contributed by atoms with Gasteiger partial charge >= 0.3 is 6.18 Å². The van der Waals surface area contributed by atoms with E-state index in [0.717, 1.165) is 5.56 Å². The molecule has 0 amide bonds. The van der Waals surface area contributed by atoms with E-state index >= 15 is 0 Å². The highest BCUT2D eigenvalue weighted by molar-refractivity contribution is 5.55. The summed E-state index contributed by atoms with van der Waals surface area (Å²) in [7, 11) is 0. The van der Waals surface area contributed by atoms with Crippen LogP contribution in [0.3, 0.4) is 0 Å². The Morgan fingerprint density at radius 3 is 2.47 bits per heavy atom. The lowest BCUT2D eigenvalue weighted by Crippen LogP contribution is -2.16. The van der Waals surface area contributed by atoms with E-state index in [4.69, 9.17) is 10.3 Å². The number of hydrogen-bond donors (Lipinski definition) is 1. The lowest BCUT2D eigenvalue weighted by Gasteiger charge is -2.07. The highest BCUT2D eigenvalue weighted by atomic mass is 19.4. The molecule has 3 aromatic heterocycles. The van der Waals surface area contributed by atoms with E-state index in [9.17, 15) is 13.2 Å². The van der Waals surface area contributed by atoms with Gasteiger partial charge in [0, 0.05) is 12.6 Å². The Kier molecular flexibility index (Phi) is 6.03. The third-order valence-electron chi connectivity index (χ3n) is 4.12. The van der Waals surface area contributed by atoms with Crippen LogP contribution in [0.15, 0.2) is 53.2 Å². The smallest absolute Gasteiger partial charge is 0.368 e. The summed E-state index contributed by atoms with van der Waals surface area (Å²) in [6, 6.07) is 12.7. The zero-order chi connectivity index (χ0) is 22.6. The maximum atomic E-state index is 12.2. The molecule has 9 nitrogen and oxygen atoms in total. The minimum atomic E-state index is -4.39. The second kappa shape index (κ2) is 9.06. The molecule has 0 aliphatic rings. The number of alkyl halides is 3. The molecule has 0 aliphatic carbocycles. The molecule has 12 heteroatoms. The molecule has 2 N–H and O–H groups in total. The van der Waals surface area contributed by atoms with Crippen molar-refractivity contribution in [2.24, 2.45) is 0 Å². The molecule has 0 unspecified atom stereocenters. The van der Waals surface area contributed by atoms with Crippen LogP contribution in [0, 0.1) is 0 Å². The molecule has 0 radical (unpaired) electrons. The molecular formula is C20H16F3N7O2. The van der Waals surface area contributed by atoms with Crippen molar-refractivity contribution in [2.45, 2.75) is 19.2 Å². The number of benzene rings is 1. The number of aromatic nitrogens is 6. The van der Waals surface area contributed by atoms with Crippen molar-refractivity contribution in [3.63, 3.8) is 0 Å². The first-order valence-electron chi connectivity index (χ1n) is 9.34. The van der Waals surface area contributed by atoms with Gasteiger partial charge in [0.1, 0.15) is 12.4 Å². The van der Waals surface area contributed by atoms with Crippen LogP contribution in [0.5, 0.6) is 0 Å². The molecule has 4 rings (SSSR count). The van der Waals surface area contributed by atoms with Gasteiger partial charge in [-0.25, -0.2) is 4.98 Å². The Labute approximate surface area is 179 Å². The molecule has 0 spiro atoms. The fraction of sp³-hybridized carbons (Fsp3) is 0.200. The van der Waals surface area contributed by atoms with Crippen LogP contribution in [0.4, 0.5) is 19.1 Å². The molecule has 0 saturated carbocycles. The largest absolute Gasteiger partial charge is 0.411 e. The first-order valence-corrected chi connectivity index (χ1v) is 9.34. The minimum Gasteiger partial charge on any atom is -0.368 e. The molecule has 1 aromatic carbocycles. The van der Waals surface area contributed by atoms with E-state index in [2.05, 4.69) is 34.8 Å². The average Bonchev–Trinajstić information content (AvgIpc) is 3.24. The summed E-state index contributed by atoms with van der Waals surface area (Å²) in [4.78, 5) is 20.9. The van der Waals surface area contributed by atoms with Crippen LogP contribution < -0.4 is 5.73 Å². The summed E-state index contributed by atoms with van der Waals surface area (Å²) in [5.74, 6) is 0.885. The van der Waals surface area contributed by atoms with Gasteiger partial charge in [0.15, 0.2) is 0 Å². The van der Waals surface area contributed by atoms with E-state index < -0.39 is 12.8 Å². The van der Waals surface area contributed by atoms with Crippen molar-refractivity contribution in [2.75, 3.05) is 12.3 Å². The molecule has 3 heterocycles. The number of nitrogens with two attached hydrogens (primary N) is 1. The van der Waals surface area contributed by atoms with Crippen LogP contribution in [-0.4, -0.2) is 42.9 Å². The van der Waals surface area contributed by atoms with Gasteiger partial charge in [0.25, 0.3) is 5.89 Å². The standard InChI is InChI=1S/C20H16F3N7O2/c21-20(22,23)11-31-10-14-7-6-13(9-25-14)18-28-17(30-32-18)16-26-15(27-19(24)29-16)8-12-4-2-1-3-5-12/h1-7,9H,8,10-11H2,(H2,24,26,27,29). The first kappa shape index (κ1) is 21.3. The molecule has 4 aromatic rings.